The third kappa shape index (κ3) is 3.23. The second kappa shape index (κ2) is 8.18. The van der Waals surface area contributed by atoms with Crippen LogP contribution >= 0.6 is 11.6 Å². The predicted molar refractivity (Wildman–Crippen MR) is 137 cm³/mol. The van der Waals surface area contributed by atoms with Crippen LogP contribution in [0, 0.1) is 0 Å². The van der Waals surface area contributed by atoms with Gasteiger partial charge in [0.15, 0.2) is 0 Å². The molecule has 164 valence electrons. The summed E-state index contributed by atoms with van der Waals surface area (Å²) in [5, 5.41) is 13.4. The van der Waals surface area contributed by atoms with E-state index in [1.165, 1.54) is 0 Å². The molecule has 3 heteroatoms. The number of para-hydroxylation sites is 1. The van der Waals surface area contributed by atoms with Crippen molar-refractivity contribution in [2.45, 2.75) is 5.60 Å². The summed E-state index contributed by atoms with van der Waals surface area (Å²) < 4.78 is 6.31. The average molecular weight is 461 g/mol. The van der Waals surface area contributed by atoms with Crippen molar-refractivity contribution in [2.24, 2.45) is 0 Å². The molecule has 0 saturated carbocycles. The lowest BCUT2D eigenvalue weighted by Gasteiger charge is -2.33. The fraction of sp³-hybridized carbons (Fsp3) is 0.0323. The molecule has 0 atom stereocenters. The van der Waals surface area contributed by atoms with Crippen LogP contribution in [0.1, 0.15) is 16.7 Å². The van der Waals surface area contributed by atoms with Crippen LogP contribution in [-0.4, -0.2) is 5.11 Å². The van der Waals surface area contributed by atoms with Gasteiger partial charge in [-0.25, -0.2) is 0 Å². The Morgan fingerprint density at radius 2 is 0.941 bits per heavy atom. The van der Waals surface area contributed by atoms with E-state index in [0.29, 0.717) is 22.1 Å². The lowest BCUT2D eigenvalue weighted by Crippen LogP contribution is -2.30. The Kier molecular flexibility index (Phi) is 4.99. The summed E-state index contributed by atoms with van der Waals surface area (Å²) in [6.45, 7) is 0. The third-order valence-corrected chi connectivity index (χ3v) is 6.71. The highest BCUT2D eigenvalue weighted by molar-refractivity contribution is 6.30. The summed E-state index contributed by atoms with van der Waals surface area (Å²) in [6, 6.07) is 39.4. The van der Waals surface area contributed by atoms with Crippen molar-refractivity contribution in [1.29, 1.82) is 0 Å². The van der Waals surface area contributed by atoms with E-state index in [0.717, 1.165) is 33.4 Å². The number of halogens is 1. The van der Waals surface area contributed by atoms with Gasteiger partial charge in [0.25, 0.3) is 0 Å². The van der Waals surface area contributed by atoms with Gasteiger partial charge in [0.1, 0.15) is 17.1 Å². The van der Waals surface area contributed by atoms with E-state index in [4.69, 9.17) is 16.3 Å². The van der Waals surface area contributed by atoms with E-state index in [9.17, 15) is 5.11 Å². The highest BCUT2D eigenvalue weighted by atomic mass is 35.5. The number of aliphatic hydroxyl groups is 1. The molecule has 34 heavy (non-hydrogen) atoms. The molecule has 0 saturated heterocycles. The van der Waals surface area contributed by atoms with Crippen LogP contribution in [-0.2, 0) is 5.60 Å². The second-order valence-corrected chi connectivity index (χ2v) is 8.84. The molecule has 0 amide bonds. The molecule has 5 aromatic carbocycles. The van der Waals surface area contributed by atoms with Gasteiger partial charge in [-0.2, -0.15) is 0 Å². The lowest BCUT2D eigenvalue weighted by atomic mass is 9.77. The minimum atomic E-state index is -1.44. The molecule has 0 aliphatic heterocycles. The molecule has 1 aliphatic carbocycles. The average Bonchev–Trinajstić information content (AvgIpc) is 2.99. The summed E-state index contributed by atoms with van der Waals surface area (Å²) in [6.07, 6.45) is 0. The standard InChI is InChI=1S/C31H21ClO2/c32-21-17-19-22(20-18-21)34-30-16-8-7-15-29(30)31(33)27-13-5-3-11-25(27)23-9-1-2-10-24(23)26-12-4-6-14-28(26)31/h1-20,33H. The van der Waals surface area contributed by atoms with Crippen LogP contribution in [0.3, 0.4) is 0 Å². The quantitative estimate of drug-likeness (QED) is 0.295. The fourth-order valence-corrected chi connectivity index (χ4v) is 5.07. The minimum Gasteiger partial charge on any atom is -0.457 e. The highest BCUT2D eigenvalue weighted by Crippen LogP contribution is 2.52. The van der Waals surface area contributed by atoms with Gasteiger partial charge in [0.2, 0.25) is 0 Å². The molecule has 0 spiro atoms. The normalized spacial score (nSPS) is 13.2. The van der Waals surface area contributed by atoms with E-state index in [2.05, 4.69) is 24.3 Å². The number of hydrogen-bond acceptors (Lipinski definition) is 2. The van der Waals surface area contributed by atoms with Gasteiger partial charge in [-0.15, -0.1) is 0 Å². The first kappa shape index (κ1) is 20.7. The molecular formula is C31H21ClO2. The zero-order chi connectivity index (χ0) is 23.1. The smallest absolute Gasteiger partial charge is 0.145 e. The van der Waals surface area contributed by atoms with Gasteiger partial charge in [0, 0.05) is 21.7 Å². The number of hydrogen-bond donors (Lipinski definition) is 1. The minimum absolute atomic E-state index is 0.586. The van der Waals surface area contributed by atoms with Crippen molar-refractivity contribution in [3.05, 3.63) is 143 Å². The van der Waals surface area contributed by atoms with Gasteiger partial charge in [0.05, 0.1) is 0 Å². The van der Waals surface area contributed by atoms with E-state index < -0.39 is 5.60 Å². The molecule has 5 aromatic rings. The van der Waals surface area contributed by atoms with Gasteiger partial charge in [-0.3, -0.25) is 0 Å². The molecule has 0 radical (unpaired) electrons. The maximum Gasteiger partial charge on any atom is 0.145 e. The summed E-state index contributed by atoms with van der Waals surface area (Å²) in [5.74, 6) is 1.24. The van der Waals surface area contributed by atoms with Crippen molar-refractivity contribution in [3.8, 4) is 33.8 Å². The van der Waals surface area contributed by atoms with Crippen LogP contribution in [0.15, 0.2) is 121 Å². The van der Waals surface area contributed by atoms with Crippen LogP contribution in [0.2, 0.25) is 5.02 Å². The molecule has 6 rings (SSSR count). The first-order chi connectivity index (χ1) is 16.7. The summed E-state index contributed by atoms with van der Waals surface area (Å²) in [5.41, 5.74) is 5.07. The Morgan fingerprint density at radius 3 is 1.50 bits per heavy atom. The Hall–Kier alpha value is -3.85. The molecule has 2 nitrogen and oxygen atoms in total. The fourth-order valence-electron chi connectivity index (χ4n) is 4.94. The number of benzene rings is 5. The Labute approximate surface area is 203 Å². The lowest BCUT2D eigenvalue weighted by molar-refractivity contribution is 0.124. The third-order valence-electron chi connectivity index (χ3n) is 6.46. The SMILES string of the molecule is OC1(c2ccccc2Oc2ccc(Cl)cc2)c2ccccc2-c2ccccc2-c2ccccc21. The van der Waals surface area contributed by atoms with E-state index >= 15 is 0 Å². The van der Waals surface area contributed by atoms with Crippen molar-refractivity contribution >= 4 is 11.6 Å². The molecule has 0 fully saturated rings. The van der Waals surface area contributed by atoms with Crippen LogP contribution < -0.4 is 4.74 Å². The van der Waals surface area contributed by atoms with E-state index in [1.807, 2.05) is 84.9 Å². The monoisotopic (exact) mass is 460 g/mol. The summed E-state index contributed by atoms with van der Waals surface area (Å²) in [7, 11) is 0. The van der Waals surface area contributed by atoms with Crippen LogP contribution in [0.5, 0.6) is 11.5 Å². The van der Waals surface area contributed by atoms with Crippen molar-refractivity contribution in [1.82, 2.24) is 0 Å². The topological polar surface area (TPSA) is 29.5 Å². The first-order valence-corrected chi connectivity index (χ1v) is 11.6. The Bertz CT molecular complexity index is 1440. The zero-order valence-corrected chi connectivity index (χ0v) is 19.0. The molecular weight excluding hydrogens is 440 g/mol. The van der Waals surface area contributed by atoms with Gasteiger partial charge >= 0.3 is 0 Å². The molecule has 1 aliphatic rings. The van der Waals surface area contributed by atoms with Crippen LogP contribution in [0.4, 0.5) is 0 Å². The maximum atomic E-state index is 12.8. The maximum absolute atomic E-state index is 12.8. The number of rotatable bonds is 3. The van der Waals surface area contributed by atoms with Crippen molar-refractivity contribution < 1.29 is 9.84 Å². The van der Waals surface area contributed by atoms with Gasteiger partial charge in [-0.05, 0) is 52.6 Å². The summed E-state index contributed by atoms with van der Waals surface area (Å²) in [4.78, 5) is 0. The number of fused-ring (bicyclic) bond motifs is 5. The van der Waals surface area contributed by atoms with E-state index in [-0.39, 0.29) is 0 Å². The highest BCUT2D eigenvalue weighted by Gasteiger charge is 2.42. The van der Waals surface area contributed by atoms with Gasteiger partial charge < -0.3 is 9.84 Å². The first-order valence-electron chi connectivity index (χ1n) is 11.2. The summed E-state index contributed by atoms with van der Waals surface area (Å²) >= 11 is 6.07. The van der Waals surface area contributed by atoms with Crippen LogP contribution in [0.25, 0.3) is 22.3 Å². The Balaban J connectivity index is 1.65. The number of ether oxygens (including phenoxy) is 1. The van der Waals surface area contributed by atoms with E-state index in [1.54, 1.807) is 12.1 Å². The molecule has 0 unspecified atom stereocenters. The molecule has 1 N–H and O–H groups in total. The van der Waals surface area contributed by atoms with Crippen molar-refractivity contribution in [3.63, 3.8) is 0 Å². The predicted octanol–water partition coefficient (Wildman–Crippen LogP) is 8.06. The van der Waals surface area contributed by atoms with Crippen molar-refractivity contribution in [2.75, 3.05) is 0 Å². The zero-order valence-electron chi connectivity index (χ0n) is 18.3. The largest absolute Gasteiger partial charge is 0.457 e. The Morgan fingerprint density at radius 1 is 0.500 bits per heavy atom. The molecule has 0 bridgehead atoms. The molecule has 0 heterocycles. The second-order valence-electron chi connectivity index (χ2n) is 8.40. The van der Waals surface area contributed by atoms with Gasteiger partial charge in [-0.1, -0.05) is 103 Å². The molecule has 0 aromatic heterocycles.